The number of pyridine rings is 1. The van der Waals surface area contributed by atoms with Crippen LogP contribution in [-0.4, -0.2) is 50.9 Å². The number of benzene rings is 1. The summed E-state index contributed by atoms with van der Waals surface area (Å²) >= 11 is 0.951. The Morgan fingerprint density at radius 3 is 2.47 bits per heavy atom. The van der Waals surface area contributed by atoms with E-state index < -0.39 is 23.7 Å². The fourth-order valence-electron chi connectivity index (χ4n) is 5.25. The molecule has 1 atom stereocenters. The van der Waals surface area contributed by atoms with Gasteiger partial charge in [0.2, 0.25) is 0 Å². The first-order valence-electron chi connectivity index (χ1n) is 14.2. The molecular formula is C32H34N4O6S. The van der Waals surface area contributed by atoms with Crippen molar-refractivity contribution in [2.75, 3.05) is 18.6 Å². The molecule has 0 bridgehead atoms. The molecule has 1 aromatic carbocycles. The van der Waals surface area contributed by atoms with Crippen LogP contribution in [0.4, 0.5) is 5.13 Å². The summed E-state index contributed by atoms with van der Waals surface area (Å²) < 4.78 is 12.6. The number of fused-ring (bicyclic) bond motifs is 1. The van der Waals surface area contributed by atoms with Gasteiger partial charge >= 0.3 is 11.9 Å². The quantitative estimate of drug-likeness (QED) is 0.0761. The topological polar surface area (TPSA) is 123 Å². The van der Waals surface area contributed by atoms with E-state index in [4.69, 9.17) is 9.47 Å². The summed E-state index contributed by atoms with van der Waals surface area (Å²) in [6.45, 7) is 8.06. The lowest BCUT2D eigenvalue weighted by Crippen LogP contribution is -2.29. The maximum atomic E-state index is 13.7. The van der Waals surface area contributed by atoms with Gasteiger partial charge in [0.05, 0.1) is 36.7 Å². The van der Waals surface area contributed by atoms with Gasteiger partial charge in [-0.1, -0.05) is 55.7 Å². The fourth-order valence-corrected chi connectivity index (χ4v) is 6.26. The Labute approximate surface area is 253 Å². The first-order valence-corrected chi connectivity index (χ1v) is 15.0. The molecule has 0 spiro atoms. The van der Waals surface area contributed by atoms with Gasteiger partial charge in [-0.2, -0.15) is 0 Å². The highest BCUT2D eigenvalue weighted by Gasteiger charge is 2.49. The number of carbonyl (C=O) groups excluding carboxylic acids is 3. The zero-order valence-electron chi connectivity index (χ0n) is 24.8. The number of ether oxygens (including phenoxy) is 2. The standard InChI is InChI=1S/C32H34N4O6S/c1-6-7-8-9-17-42-22-14-12-21(13-15-22)25-23(26(37)24-20(4)35-16-10-11-18(2)29(35)34-24)27(38)30(39)36(25)32-33-19(3)28(43-32)31(40)41-5/h10-16,25,37H,6-9,17H2,1-5H3/b26-23+. The molecule has 1 aliphatic rings. The number of rotatable bonds is 10. The van der Waals surface area contributed by atoms with Crippen molar-refractivity contribution in [1.82, 2.24) is 14.4 Å². The number of aryl methyl sites for hydroxylation is 3. The van der Waals surface area contributed by atoms with Crippen molar-refractivity contribution in [3.8, 4) is 5.75 Å². The highest BCUT2D eigenvalue weighted by Crippen LogP contribution is 2.44. The summed E-state index contributed by atoms with van der Waals surface area (Å²) in [6.07, 6.45) is 6.15. The second-order valence-electron chi connectivity index (χ2n) is 10.5. The molecule has 4 aromatic rings. The van der Waals surface area contributed by atoms with Gasteiger partial charge in [0.1, 0.15) is 22.0 Å². The van der Waals surface area contributed by atoms with Crippen LogP contribution in [-0.2, 0) is 14.3 Å². The Kier molecular flexibility index (Phi) is 8.63. The third kappa shape index (κ3) is 5.52. The fraction of sp³-hybridized carbons (Fsp3) is 0.344. The van der Waals surface area contributed by atoms with Crippen LogP contribution < -0.4 is 9.64 Å². The second kappa shape index (κ2) is 12.4. The molecule has 0 saturated carbocycles. The van der Waals surface area contributed by atoms with Gasteiger partial charge in [0, 0.05) is 6.20 Å². The molecule has 5 rings (SSSR count). The molecule has 1 saturated heterocycles. The Morgan fingerprint density at radius 2 is 1.79 bits per heavy atom. The van der Waals surface area contributed by atoms with Crippen LogP contribution in [0.15, 0.2) is 48.2 Å². The SMILES string of the molecule is CCCCCCOc1ccc(C2/C(=C(\O)c3nc4c(C)cccn4c3C)C(=O)C(=O)N2c2nc(C)c(C(=O)OC)s2)cc1. The lowest BCUT2D eigenvalue weighted by Gasteiger charge is -2.23. The smallest absolute Gasteiger partial charge is 0.350 e. The van der Waals surface area contributed by atoms with E-state index in [2.05, 4.69) is 16.9 Å². The zero-order valence-corrected chi connectivity index (χ0v) is 25.7. The van der Waals surface area contributed by atoms with Gasteiger partial charge in [-0.3, -0.25) is 14.5 Å². The lowest BCUT2D eigenvalue weighted by atomic mass is 9.96. The largest absolute Gasteiger partial charge is 0.505 e. The van der Waals surface area contributed by atoms with Crippen LogP contribution in [0.2, 0.25) is 0 Å². The average Bonchev–Trinajstić information content (AvgIpc) is 3.64. The predicted octanol–water partition coefficient (Wildman–Crippen LogP) is 6.09. The number of aliphatic hydroxyl groups is 1. The van der Waals surface area contributed by atoms with Crippen molar-refractivity contribution in [2.24, 2.45) is 0 Å². The number of ketones is 1. The number of aromatic nitrogens is 3. The Bertz CT molecular complexity index is 1740. The van der Waals surface area contributed by atoms with Crippen molar-refractivity contribution < 1.29 is 29.0 Å². The maximum absolute atomic E-state index is 13.7. The highest BCUT2D eigenvalue weighted by molar-refractivity contribution is 7.17. The average molecular weight is 603 g/mol. The summed E-state index contributed by atoms with van der Waals surface area (Å²) in [4.78, 5) is 50.2. The molecule has 1 fully saturated rings. The normalized spacial score (nSPS) is 16.3. The Morgan fingerprint density at radius 1 is 1.05 bits per heavy atom. The summed E-state index contributed by atoms with van der Waals surface area (Å²) in [5.41, 5.74) is 3.15. The molecule has 224 valence electrons. The summed E-state index contributed by atoms with van der Waals surface area (Å²) in [7, 11) is 1.26. The Hall–Kier alpha value is -4.51. The second-order valence-corrected chi connectivity index (χ2v) is 11.5. The first kappa shape index (κ1) is 30.0. The number of methoxy groups -OCH3 is 1. The van der Waals surface area contributed by atoms with Crippen LogP contribution in [0, 0.1) is 20.8 Å². The Balaban J connectivity index is 1.62. The number of hydrogen-bond acceptors (Lipinski definition) is 9. The van der Waals surface area contributed by atoms with E-state index in [-0.39, 0.29) is 27.0 Å². The van der Waals surface area contributed by atoms with Crippen LogP contribution in [0.1, 0.15) is 76.5 Å². The van der Waals surface area contributed by atoms with Crippen LogP contribution in [0.5, 0.6) is 5.75 Å². The summed E-state index contributed by atoms with van der Waals surface area (Å²) in [5.74, 6) is -2.07. The number of nitrogens with zero attached hydrogens (tertiary/aromatic N) is 4. The zero-order chi connectivity index (χ0) is 30.8. The maximum Gasteiger partial charge on any atom is 0.350 e. The van der Waals surface area contributed by atoms with Gasteiger partial charge in [0.25, 0.3) is 5.78 Å². The third-order valence-corrected chi connectivity index (χ3v) is 8.71. The van der Waals surface area contributed by atoms with E-state index >= 15 is 0 Å². The molecule has 4 heterocycles. The van der Waals surface area contributed by atoms with Crippen molar-refractivity contribution in [3.63, 3.8) is 0 Å². The van der Waals surface area contributed by atoms with E-state index in [1.807, 2.05) is 29.7 Å². The lowest BCUT2D eigenvalue weighted by molar-refractivity contribution is -0.132. The third-order valence-electron chi connectivity index (χ3n) is 7.58. The first-order chi connectivity index (χ1) is 20.7. The molecule has 3 aromatic heterocycles. The molecule has 1 amide bonds. The number of anilines is 1. The number of Topliss-reactive ketones (excluding diaryl/α,β-unsaturated/α-hetero) is 1. The van der Waals surface area contributed by atoms with E-state index in [9.17, 15) is 19.5 Å². The number of esters is 1. The molecule has 11 heteroatoms. The number of carbonyl (C=O) groups is 3. The van der Waals surface area contributed by atoms with Crippen molar-refractivity contribution in [2.45, 2.75) is 59.4 Å². The van der Waals surface area contributed by atoms with E-state index in [1.54, 1.807) is 38.1 Å². The monoisotopic (exact) mass is 602 g/mol. The van der Waals surface area contributed by atoms with Gasteiger partial charge < -0.3 is 19.0 Å². The molecule has 1 N–H and O–H groups in total. The molecular weight excluding hydrogens is 568 g/mol. The molecule has 43 heavy (non-hydrogen) atoms. The molecule has 1 aliphatic heterocycles. The van der Waals surface area contributed by atoms with Crippen LogP contribution >= 0.6 is 11.3 Å². The van der Waals surface area contributed by atoms with E-state index in [0.717, 1.165) is 42.6 Å². The molecule has 0 radical (unpaired) electrons. The van der Waals surface area contributed by atoms with Gasteiger partial charge in [-0.15, -0.1) is 0 Å². The minimum atomic E-state index is -1.03. The van der Waals surface area contributed by atoms with Crippen molar-refractivity contribution in [1.29, 1.82) is 0 Å². The van der Waals surface area contributed by atoms with Gasteiger partial charge in [0.15, 0.2) is 10.9 Å². The van der Waals surface area contributed by atoms with E-state index in [1.165, 1.54) is 12.0 Å². The summed E-state index contributed by atoms with van der Waals surface area (Å²) in [6, 6.07) is 9.84. The van der Waals surface area contributed by atoms with Gasteiger partial charge in [-0.25, -0.2) is 14.8 Å². The number of thiazole rings is 1. The van der Waals surface area contributed by atoms with Crippen LogP contribution in [0.3, 0.4) is 0 Å². The molecule has 1 unspecified atom stereocenters. The van der Waals surface area contributed by atoms with Crippen LogP contribution in [0.25, 0.3) is 11.4 Å². The van der Waals surface area contributed by atoms with Gasteiger partial charge in [-0.05, 0) is 56.5 Å². The number of amides is 1. The summed E-state index contributed by atoms with van der Waals surface area (Å²) in [5, 5.41) is 11.8. The highest BCUT2D eigenvalue weighted by atomic mass is 32.1. The van der Waals surface area contributed by atoms with Crippen molar-refractivity contribution in [3.05, 3.63) is 81.3 Å². The predicted molar refractivity (Wildman–Crippen MR) is 164 cm³/mol. The van der Waals surface area contributed by atoms with Crippen molar-refractivity contribution >= 4 is 45.5 Å². The minimum absolute atomic E-state index is 0.116. The minimum Gasteiger partial charge on any atom is -0.505 e. The molecule has 0 aliphatic carbocycles. The molecule has 10 nitrogen and oxygen atoms in total. The number of unbranched alkanes of at least 4 members (excludes halogenated alkanes) is 3. The van der Waals surface area contributed by atoms with E-state index in [0.29, 0.717) is 35.0 Å². The number of imidazole rings is 1. The number of aliphatic hydroxyl groups excluding tert-OH is 1. The number of hydrogen-bond donors (Lipinski definition) is 1.